The molecular weight excluding hydrogens is 445 g/mol. The molecule has 0 aliphatic carbocycles. The van der Waals surface area contributed by atoms with Crippen molar-refractivity contribution in [2.45, 2.75) is 12.8 Å². The van der Waals surface area contributed by atoms with Crippen molar-refractivity contribution in [3.8, 4) is 9.88 Å². The van der Waals surface area contributed by atoms with Crippen LogP contribution >= 0.6 is 22.7 Å². The summed E-state index contributed by atoms with van der Waals surface area (Å²) in [4.78, 5) is 33.3. The summed E-state index contributed by atoms with van der Waals surface area (Å²) in [5, 5.41) is 7.53. The Bertz CT molecular complexity index is 1280. The minimum atomic E-state index is -0.392. The highest BCUT2D eigenvalue weighted by atomic mass is 32.1. The van der Waals surface area contributed by atoms with Crippen molar-refractivity contribution in [1.29, 1.82) is 0 Å². The maximum atomic E-state index is 13.3. The first-order valence-electron chi connectivity index (χ1n) is 10.1. The van der Waals surface area contributed by atoms with E-state index < -0.39 is 5.82 Å². The highest BCUT2D eigenvalue weighted by Gasteiger charge is 2.27. The first-order chi connectivity index (χ1) is 15.6. The van der Waals surface area contributed by atoms with Crippen LogP contribution in [-0.2, 0) is 6.42 Å². The van der Waals surface area contributed by atoms with Crippen LogP contribution in [-0.4, -0.2) is 23.3 Å². The van der Waals surface area contributed by atoms with Crippen molar-refractivity contribution < 1.29 is 14.0 Å². The number of carbonyl (C=O) groups is 2. The van der Waals surface area contributed by atoms with Crippen LogP contribution in [0, 0.1) is 5.82 Å². The Morgan fingerprint density at radius 3 is 2.66 bits per heavy atom. The molecule has 2 aromatic heterocycles. The zero-order chi connectivity index (χ0) is 22.1. The second kappa shape index (κ2) is 8.64. The minimum Gasteiger partial charge on any atom is -0.322 e. The van der Waals surface area contributed by atoms with E-state index >= 15 is 0 Å². The number of amides is 2. The van der Waals surface area contributed by atoms with Gasteiger partial charge in [0.1, 0.15) is 16.5 Å². The molecule has 0 radical (unpaired) electrons. The lowest BCUT2D eigenvalue weighted by atomic mass is 9.99. The normalized spacial score (nSPS) is 13.0. The summed E-state index contributed by atoms with van der Waals surface area (Å²) >= 11 is 3.05. The third kappa shape index (κ3) is 3.94. The van der Waals surface area contributed by atoms with E-state index in [4.69, 9.17) is 0 Å². The van der Waals surface area contributed by atoms with Crippen molar-refractivity contribution >= 4 is 45.9 Å². The highest BCUT2D eigenvalue weighted by molar-refractivity contribution is 7.20. The molecule has 8 heteroatoms. The molecule has 5 rings (SSSR count). The Morgan fingerprint density at radius 1 is 1.03 bits per heavy atom. The van der Waals surface area contributed by atoms with Gasteiger partial charge in [0.2, 0.25) is 0 Å². The number of nitrogens with one attached hydrogen (secondary N) is 1. The van der Waals surface area contributed by atoms with Crippen molar-refractivity contribution in [3.63, 3.8) is 0 Å². The van der Waals surface area contributed by atoms with Crippen molar-refractivity contribution in [1.82, 2.24) is 4.98 Å². The number of rotatable bonds is 4. The Labute approximate surface area is 192 Å². The number of hydrogen-bond acceptors (Lipinski definition) is 5. The van der Waals surface area contributed by atoms with Crippen LogP contribution in [0.1, 0.15) is 32.8 Å². The molecule has 4 aromatic rings. The molecule has 0 fully saturated rings. The van der Waals surface area contributed by atoms with E-state index in [0.717, 1.165) is 34.0 Å². The summed E-state index contributed by atoms with van der Waals surface area (Å²) in [7, 11) is 0. The van der Waals surface area contributed by atoms with Gasteiger partial charge in [0, 0.05) is 28.9 Å². The van der Waals surface area contributed by atoms with Gasteiger partial charge in [-0.05, 0) is 66.2 Å². The van der Waals surface area contributed by atoms with Gasteiger partial charge in [-0.25, -0.2) is 9.37 Å². The molecule has 0 atom stereocenters. The largest absolute Gasteiger partial charge is 0.322 e. The fraction of sp³-hybridized carbons (Fsp3) is 0.125. The molecule has 1 N–H and O–H groups in total. The molecule has 160 valence electrons. The molecule has 5 nitrogen and oxygen atoms in total. The second-order valence-corrected chi connectivity index (χ2v) is 9.15. The van der Waals surface area contributed by atoms with E-state index in [1.54, 1.807) is 21.6 Å². The van der Waals surface area contributed by atoms with E-state index in [1.165, 1.54) is 35.6 Å². The number of fused-ring (bicyclic) bond motifs is 1. The van der Waals surface area contributed by atoms with Crippen LogP contribution in [0.2, 0.25) is 0 Å². The standard InChI is InChI=1S/C24H18FN3O2S2/c25-16-10-8-15(9-11-16)22(29)26-18-5-1-6-20-17(18)4-2-12-28(20)24(30)19-14-32-23(27-19)21-7-3-13-31-21/h1,3,5-11,13-14H,2,4,12H2,(H,26,29). The minimum absolute atomic E-state index is 0.146. The lowest BCUT2D eigenvalue weighted by Gasteiger charge is -2.30. The van der Waals surface area contributed by atoms with Crippen LogP contribution in [0.3, 0.4) is 0 Å². The summed E-state index contributed by atoms with van der Waals surface area (Å²) in [6, 6.07) is 14.9. The maximum absolute atomic E-state index is 13.3. The van der Waals surface area contributed by atoms with Crippen molar-refractivity contribution in [2.75, 3.05) is 16.8 Å². The fourth-order valence-corrected chi connectivity index (χ4v) is 5.38. The summed E-state index contributed by atoms with van der Waals surface area (Å²) in [5.41, 5.74) is 3.15. The quantitative estimate of drug-likeness (QED) is 0.413. The molecule has 0 saturated heterocycles. The van der Waals surface area contributed by atoms with Gasteiger partial charge in [0.15, 0.2) is 0 Å². The van der Waals surface area contributed by atoms with Gasteiger partial charge in [-0.15, -0.1) is 22.7 Å². The Hall–Kier alpha value is -3.36. The molecule has 0 saturated carbocycles. The Morgan fingerprint density at radius 2 is 1.88 bits per heavy atom. The van der Waals surface area contributed by atoms with E-state index in [-0.39, 0.29) is 11.8 Å². The summed E-state index contributed by atoms with van der Waals surface area (Å²) in [5.74, 6) is -0.856. The second-order valence-electron chi connectivity index (χ2n) is 7.34. The SMILES string of the molecule is O=C(Nc1cccc2c1CCCN2C(=O)c1csc(-c2cccs2)n1)c1ccc(F)cc1. The van der Waals surface area contributed by atoms with E-state index in [2.05, 4.69) is 10.3 Å². The van der Waals surface area contributed by atoms with Crippen LogP contribution < -0.4 is 10.2 Å². The van der Waals surface area contributed by atoms with E-state index in [0.29, 0.717) is 23.5 Å². The van der Waals surface area contributed by atoms with E-state index in [9.17, 15) is 14.0 Å². The first-order valence-corrected chi connectivity index (χ1v) is 11.9. The molecular formula is C24H18FN3O2S2. The number of hydrogen-bond donors (Lipinski definition) is 1. The van der Waals surface area contributed by atoms with Gasteiger partial charge in [0.25, 0.3) is 11.8 Å². The van der Waals surface area contributed by atoms with Gasteiger partial charge < -0.3 is 10.2 Å². The summed E-state index contributed by atoms with van der Waals surface area (Å²) in [6.07, 6.45) is 1.53. The van der Waals surface area contributed by atoms with Crippen molar-refractivity contribution in [3.05, 3.63) is 88.0 Å². The molecule has 0 unspecified atom stereocenters. The maximum Gasteiger partial charge on any atom is 0.277 e. The number of benzene rings is 2. The van der Waals surface area contributed by atoms with E-state index in [1.807, 2.05) is 35.7 Å². The number of thiazole rings is 1. The van der Waals surface area contributed by atoms with Crippen LogP contribution in [0.25, 0.3) is 9.88 Å². The summed E-state index contributed by atoms with van der Waals surface area (Å²) < 4.78 is 13.2. The molecule has 0 spiro atoms. The molecule has 0 bridgehead atoms. The Balaban J connectivity index is 1.41. The van der Waals surface area contributed by atoms with Crippen molar-refractivity contribution in [2.24, 2.45) is 0 Å². The van der Waals surface area contributed by atoms with Crippen LogP contribution in [0.15, 0.2) is 65.4 Å². The zero-order valence-corrected chi connectivity index (χ0v) is 18.5. The smallest absolute Gasteiger partial charge is 0.277 e. The first kappa shape index (κ1) is 20.5. The van der Waals surface area contributed by atoms with Crippen LogP contribution in [0.5, 0.6) is 0 Å². The van der Waals surface area contributed by atoms with Gasteiger partial charge in [0.05, 0.1) is 4.88 Å². The van der Waals surface area contributed by atoms with Gasteiger partial charge in [-0.1, -0.05) is 12.1 Å². The third-order valence-electron chi connectivity index (χ3n) is 5.31. The fourth-order valence-electron chi connectivity index (χ4n) is 3.77. The average molecular weight is 464 g/mol. The molecule has 2 amide bonds. The number of anilines is 2. The number of halogens is 1. The molecule has 3 heterocycles. The predicted octanol–water partition coefficient (Wildman–Crippen LogP) is 5.86. The topological polar surface area (TPSA) is 62.3 Å². The van der Waals surface area contributed by atoms with Crippen LogP contribution in [0.4, 0.5) is 15.8 Å². The number of nitrogens with zero attached hydrogens (tertiary/aromatic N) is 2. The zero-order valence-electron chi connectivity index (χ0n) is 16.9. The molecule has 32 heavy (non-hydrogen) atoms. The molecule has 1 aliphatic heterocycles. The molecule has 2 aromatic carbocycles. The Kier molecular flexibility index (Phi) is 5.55. The molecule has 1 aliphatic rings. The monoisotopic (exact) mass is 463 g/mol. The number of carbonyl (C=O) groups excluding carboxylic acids is 2. The highest BCUT2D eigenvalue weighted by Crippen LogP contribution is 2.35. The lowest BCUT2D eigenvalue weighted by molar-refractivity contribution is 0.0980. The predicted molar refractivity (Wildman–Crippen MR) is 126 cm³/mol. The lowest BCUT2D eigenvalue weighted by Crippen LogP contribution is -2.36. The third-order valence-corrected chi connectivity index (χ3v) is 7.19. The average Bonchev–Trinajstić information content (AvgIpc) is 3.51. The van der Waals surface area contributed by atoms with Gasteiger partial charge >= 0.3 is 0 Å². The summed E-state index contributed by atoms with van der Waals surface area (Å²) in [6.45, 7) is 0.590. The van der Waals surface area contributed by atoms with Gasteiger partial charge in [-0.2, -0.15) is 0 Å². The van der Waals surface area contributed by atoms with Gasteiger partial charge in [-0.3, -0.25) is 9.59 Å². The number of aromatic nitrogens is 1. The number of thiophene rings is 1.